The number of hydrogen-bond acceptors (Lipinski definition) is 2. The zero-order valence-electron chi connectivity index (χ0n) is 9.29. The lowest BCUT2D eigenvalue weighted by Crippen LogP contribution is -2.10. The molecule has 0 spiro atoms. The maximum Gasteiger partial charge on any atom is 0.433 e. The van der Waals surface area contributed by atoms with Gasteiger partial charge in [-0.25, -0.2) is 9.50 Å². The number of alkyl halides is 3. The minimum absolute atomic E-state index is 0.0953. The summed E-state index contributed by atoms with van der Waals surface area (Å²) in [4.78, 5) is 3.61. The van der Waals surface area contributed by atoms with Gasteiger partial charge in [-0.1, -0.05) is 18.6 Å². The summed E-state index contributed by atoms with van der Waals surface area (Å²) >= 11 is 4.96. The number of H-pyrrole nitrogens is 1. The minimum atomic E-state index is -4.46. The summed E-state index contributed by atoms with van der Waals surface area (Å²) in [5, 5.41) is 3.03. The topological polar surface area (TPSA) is 33.1 Å². The molecule has 2 heterocycles. The molecule has 0 radical (unpaired) electrons. The van der Waals surface area contributed by atoms with E-state index in [9.17, 15) is 13.2 Å². The summed E-state index contributed by atoms with van der Waals surface area (Å²) in [6.45, 7) is 0. The Hall–Kier alpha value is -1.37. The van der Waals surface area contributed by atoms with Crippen LogP contribution in [0.25, 0.3) is 5.65 Å². The van der Waals surface area contributed by atoms with Crippen LogP contribution in [0.3, 0.4) is 0 Å². The Balaban J connectivity index is 2.15. The third-order valence-corrected chi connectivity index (χ3v) is 3.61. The fourth-order valence-electron chi connectivity index (χ4n) is 2.08. The second-order valence-corrected chi connectivity index (χ2v) is 4.93. The van der Waals surface area contributed by atoms with Gasteiger partial charge in [0.05, 0.1) is 0 Å². The van der Waals surface area contributed by atoms with Gasteiger partial charge in [0.15, 0.2) is 5.65 Å². The Morgan fingerprint density at radius 1 is 1.33 bits per heavy atom. The van der Waals surface area contributed by atoms with Crippen LogP contribution < -0.4 is 0 Å². The van der Waals surface area contributed by atoms with Gasteiger partial charge in [0.25, 0.3) is 0 Å². The lowest BCUT2D eigenvalue weighted by molar-refractivity contribution is -0.141. The fraction of sp³-hybridized carbons (Fsp3) is 0.455. The number of aromatic nitrogens is 3. The fourth-order valence-corrected chi connectivity index (χ4v) is 2.33. The predicted octanol–water partition coefficient (Wildman–Crippen LogP) is 3.68. The highest BCUT2D eigenvalue weighted by Gasteiger charge is 2.33. The Morgan fingerprint density at radius 3 is 2.61 bits per heavy atom. The summed E-state index contributed by atoms with van der Waals surface area (Å²) in [6, 6.07) is 2.54. The van der Waals surface area contributed by atoms with Crippen molar-refractivity contribution in [2.45, 2.75) is 31.4 Å². The van der Waals surface area contributed by atoms with Gasteiger partial charge in [-0.2, -0.15) is 13.2 Å². The van der Waals surface area contributed by atoms with Gasteiger partial charge in [0.2, 0.25) is 0 Å². The molecule has 2 aromatic rings. The highest BCUT2D eigenvalue weighted by molar-refractivity contribution is 7.71. The summed E-state index contributed by atoms with van der Waals surface area (Å²) in [5.74, 6) is 0.399. The molecule has 0 bridgehead atoms. The molecule has 0 aliphatic heterocycles. The number of nitrogens with one attached hydrogen (secondary N) is 1. The first-order valence-electron chi connectivity index (χ1n) is 5.65. The summed E-state index contributed by atoms with van der Waals surface area (Å²) in [7, 11) is 0. The van der Waals surface area contributed by atoms with Gasteiger partial charge in [-0.3, -0.25) is 5.10 Å². The highest BCUT2D eigenvalue weighted by atomic mass is 32.1. The van der Waals surface area contributed by atoms with Crippen LogP contribution in [0.1, 0.15) is 36.6 Å². The monoisotopic (exact) mass is 273 g/mol. The molecule has 1 N–H and O–H groups in total. The quantitative estimate of drug-likeness (QED) is 0.804. The van der Waals surface area contributed by atoms with E-state index < -0.39 is 11.9 Å². The van der Waals surface area contributed by atoms with Crippen LogP contribution in [-0.2, 0) is 6.18 Å². The van der Waals surface area contributed by atoms with E-state index in [1.165, 1.54) is 4.52 Å². The van der Waals surface area contributed by atoms with Crippen molar-refractivity contribution in [1.29, 1.82) is 0 Å². The van der Waals surface area contributed by atoms with Crippen LogP contribution in [0.2, 0.25) is 0 Å². The van der Waals surface area contributed by atoms with Gasteiger partial charge < -0.3 is 0 Å². The van der Waals surface area contributed by atoms with E-state index in [0.29, 0.717) is 5.92 Å². The minimum Gasteiger partial charge on any atom is -0.295 e. The van der Waals surface area contributed by atoms with E-state index >= 15 is 0 Å². The van der Waals surface area contributed by atoms with E-state index in [1.807, 2.05) is 0 Å². The lowest BCUT2D eigenvalue weighted by atomic mass is 9.83. The van der Waals surface area contributed by atoms with Crippen LogP contribution in [-0.4, -0.2) is 14.6 Å². The molecule has 1 fully saturated rings. The number of halogens is 3. The summed E-state index contributed by atoms with van der Waals surface area (Å²) < 4.78 is 39.4. The second kappa shape index (κ2) is 3.81. The van der Waals surface area contributed by atoms with Gasteiger partial charge in [-0.05, 0) is 12.8 Å². The zero-order valence-corrected chi connectivity index (χ0v) is 10.1. The molecule has 2 aromatic heterocycles. The van der Waals surface area contributed by atoms with Crippen molar-refractivity contribution in [2.24, 2.45) is 0 Å². The van der Waals surface area contributed by atoms with E-state index in [4.69, 9.17) is 12.2 Å². The molecular formula is C11H10F3N3S. The first-order chi connectivity index (χ1) is 8.45. The number of hydrogen-bond donors (Lipinski definition) is 1. The molecular weight excluding hydrogens is 263 g/mol. The van der Waals surface area contributed by atoms with Crippen molar-refractivity contribution >= 4 is 17.9 Å². The highest BCUT2D eigenvalue weighted by Crippen LogP contribution is 2.36. The maximum absolute atomic E-state index is 12.6. The molecule has 3 rings (SSSR count). The van der Waals surface area contributed by atoms with Crippen molar-refractivity contribution in [1.82, 2.24) is 14.6 Å². The van der Waals surface area contributed by atoms with Gasteiger partial charge in [0.1, 0.15) is 10.3 Å². The van der Waals surface area contributed by atoms with E-state index in [2.05, 4.69) is 10.1 Å². The molecule has 0 amide bonds. The van der Waals surface area contributed by atoms with E-state index in [-0.39, 0.29) is 10.3 Å². The SMILES string of the molecule is FC(F)(F)c1cc(=S)n2[nH]c(C3CCC3)cc2n1. The second-order valence-electron chi connectivity index (χ2n) is 4.51. The van der Waals surface area contributed by atoms with Crippen molar-refractivity contribution in [3.63, 3.8) is 0 Å². The zero-order chi connectivity index (χ0) is 12.9. The van der Waals surface area contributed by atoms with Crippen molar-refractivity contribution in [3.05, 3.63) is 28.2 Å². The molecule has 18 heavy (non-hydrogen) atoms. The third-order valence-electron chi connectivity index (χ3n) is 3.31. The smallest absolute Gasteiger partial charge is 0.295 e. The van der Waals surface area contributed by atoms with Gasteiger partial charge in [0, 0.05) is 23.7 Å². The van der Waals surface area contributed by atoms with Crippen LogP contribution in [0.5, 0.6) is 0 Å². The molecule has 0 aromatic carbocycles. The summed E-state index contributed by atoms with van der Waals surface area (Å²) in [5.41, 5.74) is 0.211. The predicted molar refractivity (Wildman–Crippen MR) is 62.0 cm³/mol. The average Bonchev–Trinajstić information content (AvgIpc) is 2.57. The van der Waals surface area contributed by atoms with Crippen LogP contribution in [0, 0.1) is 4.64 Å². The molecule has 1 aliphatic rings. The first-order valence-corrected chi connectivity index (χ1v) is 6.06. The maximum atomic E-state index is 12.6. The van der Waals surface area contributed by atoms with E-state index in [0.717, 1.165) is 31.0 Å². The van der Waals surface area contributed by atoms with Crippen molar-refractivity contribution in [3.8, 4) is 0 Å². The number of fused-ring (bicyclic) bond motifs is 1. The molecule has 0 unspecified atom stereocenters. The Bertz CT molecular complexity index is 652. The number of aromatic amines is 1. The van der Waals surface area contributed by atoms with E-state index in [1.54, 1.807) is 6.07 Å². The number of nitrogens with zero attached hydrogens (tertiary/aromatic N) is 2. The molecule has 3 nitrogen and oxygen atoms in total. The standard InChI is InChI=1S/C11H10F3N3S/c12-11(13,14)8-5-10(18)17-9(15-8)4-7(16-17)6-2-1-3-6/h4-6,16H,1-3H2. The van der Waals surface area contributed by atoms with Crippen LogP contribution in [0.15, 0.2) is 12.1 Å². The van der Waals surface area contributed by atoms with Crippen LogP contribution >= 0.6 is 12.2 Å². The molecule has 1 saturated carbocycles. The third kappa shape index (κ3) is 1.82. The lowest BCUT2D eigenvalue weighted by Gasteiger charge is -2.23. The molecule has 96 valence electrons. The molecule has 0 saturated heterocycles. The Kier molecular flexibility index (Phi) is 2.48. The average molecular weight is 273 g/mol. The Labute approximate surface area is 106 Å². The van der Waals surface area contributed by atoms with Gasteiger partial charge >= 0.3 is 6.18 Å². The molecule has 7 heteroatoms. The normalized spacial score (nSPS) is 17.1. The molecule has 0 atom stereocenters. The molecule has 1 aliphatic carbocycles. The van der Waals surface area contributed by atoms with Crippen molar-refractivity contribution < 1.29 is 13.2 Å². The largest absolute Gasteiger partial charge is 0.433 e. The van der Waals surface area contributed by atoms with Crippen molar-refractivity contribution in [2.75, 3.05) is 0 Å². The Morgan fingerprint density at radius 2 is 2.06 bits per heavy atom. The van der Waals surface area contributed by atoms with Gasteiger partial charge in [-0.15, -0.1) is 0 Å². The van der Waals surface area contributed by atoms with Crippen LogP contribution in [0.4, 0.5) is 13.2 Å². The summed E-state index contributed by atoms with van der Waals surface area (Å²) in [6.07, 6.45) is -1.18. The number of rotatable bonds is 1. The first kappa shape index (κ1) is 11.7.